The minimum Gasteiger partial charge on any atom is -0.457 e. The number of sulfonamides is 1. The van der Waals surface area contributed by atoms with Gasteiger partial charge in [-0.15, -0.1) is 0 Å². The Morgan fingerprint density at radius 1 is 1.12 bits per heavy atom. The number of nitrogen functional groups attached to an aromatic ring is 1. The van der Waals surface area contributed by atoms with Crippen LogP contribution >= 0.6 is 0 Å². The molecule has 0 unspecified atom stereocenters. The van der Waals surface area contributed by atoms with Crippen LogP contribution in [0, 0.1) is 5.92 Å². The SMILES string of the molecule is CC(C)CN(C[C@H](OC(=O)COCCO)[C@@H](Cc1ccccc1)NC(=O)O[C@H]1CCOC1)S(=O)(=O)c1ccc(N)cc1. The number of ether oxygens (including phenoxy) is 4. The number of rotatable bonds is 16. The van der Waals surface area contributed by atoms with Crippen LogP contribution in [0.25, 0.3) is 0 Å². The highest BCUT2D eigenvalue weighted by Gasteiger charge is 2.35. The van der Waals surface area contributed by atoms with Crippen molar-refractivity contribution in [1.82, 2.24) is 9.62 Å². The summed E-state index contributed by atoms with van der Waals surface area (Å²) >= 11 is 0. The Kier molecular flexibility index (Phi) is 13.0. The number of aliphatic hydroxyl groups excluding tert-OH is 1. The molecule has 13 heteroatoms. The van der Waals surface area contributed by atoms with E-state index in [4.69, 9.17) is 29.8 Å². The number of hydrogen-bond donors (Lipinski definition) is 3. The first-order valence-electron chi connectivity index (χ1n) is 13.9. The number of benzene rings is 2. The van der Waals surface area contributed by atoms with Gasteiger partial charge < -0.3 is 35.1 Å². The number of alkyl carbamates (subject to hydrolysis) is 1. The molecule has 1 heterocycles. The van der Waals surface area contributed by atoms with Gasteiger partial charge in [0.25, 0.3) is 0 Å². The number of hydrogen-bond acceptors (Lipinski definition) is 10. The molecular formula is C29H41N3O9S. The summed E-state index contributed by atoms with van der Waals surface area (Å²) in [7, 11) is -4.06. The van der Waals surface area contributed by atoms with Crippen molar-refractivity contribution in [2.45, 2.75) is 49.8 Å². The summed E-state index contributed by atoms with van der Waals surface area (Å²) in [4.78, 5) is 25.9. The van der Waals surface area contributed by atoms with Crippen LogP contribution in [-0.4, -0.2) is 94.3 Å². The quantitative estimate of drug-likeness (QED) is 0.146. The molecule has 12 nitrogen and oxygen atoms in total. The maximum atomic E-state index is 13.8. The van der Waals surface area contributed by atoms with Crippen molar-refractivity contribution < 1.29 is 42.1 Å². The fourth-order valence-corrected chi connectivity index (χ4v) is 6.04. The highest BCUT2D eigenvalue weighted by molar-refractivity contribution is 7.89. The summed E-state index contributed by atoms with van der Waals surface area (Å²) < 4.78 is 50.6. The third-order valence-corrected chi connectivity index (χ3v) is 8.27. The van der Waals surface area contributed by atoms with Gasteiger partial charge in [-0.25, -0.2) is 18.0 Å². The first-order chi connectivity index (χ1) is 20.1. The molecule has 1 fully saturated rings. The van der Waals surface area contributed by atoms with E-state index in [2.05, 4.69) is 5.32 Å². The summed E-state index contributed by atoms with van der Waals surface area (Å²) in [5.74, 6) is -0.856. The normalized spacial score (nSPS) is 16.7. The van der Waals surface area contributed by atoms with Gasteiger partial charge in [-0.3, -0.25) is 0 Å². The zero-order chi connectivity index (χ0) is 30.5. The third kappa shape index (κ3) is 10.6. The second-order valence-electron chi connectivity index (χ2n) is 10.4. The van der Waals surface area contributed by atoms with Crippen LogP contribution in [-0.2, 0) is 40.2 Å². The predicted octanol–water partition coefficient (Wildman–Crippen LogP) is 1.96. The predicted molar refractivity (Wildman–Crippen MR) is 155 cm³/mol. The Morgan fingerprint density at radius 2 is 1.83 bits per heavy atom. The molecule has 0 aromatic heterocycles. The summed E-state index contributed by atoms with van der Waals surface area (Å²) in [6.45, 7) is 3.52. The molecular weight excluding hydrogens is 566 g/mol. The Bertz CT molecular complexity index is 1220. The molecule has 1 saturated heterocycles. The summed E-state index contributed by atoms with van der Waals surface area (Å²) in [5, 5.41) is 11.8. The minimum absolute atomic E-state index is 0.0296. The monoisotopic (exact) mass is 607 g/mol. The molecule has 0 saturated carbocycles. The number of carbonyl (C=O) groups excluding carboxylic acids is 2. The van der Waals surface area contributed by atoms with E-state index in [-0.39, 0.29) is 50.1 Å². The first kappa shape index (κ1) is 33.3. The van der Waals surface area contributed by atoms with Gasteiger partial charge in [0.2, 0.25) is 10.0 Å². The van der Waals surface area contributed by atoms with Crippen LogP contribution < -0.4 is 11.1 Å². The minimum atomic E-state index is -4.06. The number of carbonyl (C=O) groups is 2. The van der Waals surface area contributed by atoms with Gasteiger partial charge in [0.05, 0.1) is 43.9 Å². The van der Waals surface area contributed by atoms with E-state index in [1.54, 1.807) is 0 Å². The molecule has 2 aromatic carbocycles. The van der Waals surface area contributed by atoms with Crippen LogP contribution in [0.4, 0.5) is 10.5 Å². The van der Waals surface area contributed by atoms with E-state index in [1.807, 2.05) is 44.2 Å². The second kappa shape index (κ2) is 16.4. The van der Waals surface area contributed by atoms with Crippen molar-refractivity contribution in [1.29, 1.82) is 0 Å². The lowest BCUT2D eigenvalue weighted by Crippen LogP contribution is -2.53. The van der Waals surface area contributed by atoms with Crippen LogP contribution in [0.5, 0.6) is 0 Å². The van der Waals surface area contributed by atoms with E-state index in [9.17, 15) is 18.0 Å². The van der Waals surface area contributed by atoms with Gasteiger partial charge in [0.1, 0.15) is 18.8 Å². The number of amides is 1. The molecule has 0 radical (unpaired) electrons. The van der Waals surface area contributed by atoms with E-state index in [1.165, 1.54) is 28.6 Å². The van der Waals surface area contributed by atoms with Gasteiger partial charge in [-0.2, -0.15) is 4.31 Å². The number of aliphatic hydroxyl groups is 1. The van der Waals surface area contributed by atoms with Crippen LogP contribution in [0.1, 0.15) is 25.8 Å². The van der Waals surface area contributed by atoms with Gasteiger partial charge in [-0.1, -0.05) is 44.2 Å². The Labute approximate surface area is 247 Å². The van der Waals surface area contributed by atoms with E-state index in [0.717, 1.165) is 5.56 Å². The number of nitrogens with two attached hydrogens (primary N) is 1. The van der Waals surface area contributed by atoms with E-state index in [0.29, 0.717) is 18.7 Å². The zero-order valence-corrected chi connectivity index (χ0v) is 24.8. The largest absolute Gasteiger partial charge is 0.457 e. The molecule has 1 amide bonds. The molecule has 232 valence electrons. The number of nitrogens with zero attached hydrogens (tertiary/aromatic N) is 1. The number of anilines is 1. The fraction of sp³-hybridized carbons (Fsp3) is 0.517. The van der Waals surface area contributed by atoms with Gasteiger partial charge in [0.15, 0.2) is 0 Å². The number of nitrogens with one attached hydrogen (secondary N) is 1. The van der Waals surface area contributed by atoms with Crippen molar-refractivity contribution >= 4 is 27.8 Å². The van der Waals surface area contributed by atoms with Crippen molar-refractivity contribution in [2.24, 2.45) is 5.92 Å². The molecule has 0 spiro atoms. The van der Waals surface area contributed by atoms with Crippen LogP contribution in [0.15, 0.2) is 59.5 Å². The third-order valence-electron chi connectivity index (χ3n) is 6.42. The molecule has 3 rings (SSSR count). The van der Waals surface area contributed by atoms with Crippen molar-refractivity contribution in [2.75, 3.05) is 51.9 Å². The van der Waals surface area contributed by atoms with Crippen LogP contribution in [0.3, 0.4) is 0 Å². The zero-order valence-electron chi connectivity index (χ0n) is 24.0. The molecule has 3 atom stereocenters. The van der Waals surface area contributed by atoms with Gasteiger partial charge >= 0.3 is 12.1 Å². The smallest absolute Gasteiger partial charge is 0.407 e. The highest BCUT2D eigenvalue weighted by atomic mass is 32.2. The Hall–Kier alpha value is -3.23. The first-order valence-corrected chi connectivity index (χ1v) is 15.3. The van der Waals surface area contributed by atoms with E-state index >= 15 is 0 Å². The van der Waals surface area contributed by atoms with Crippen LogP contribution in [0.2, 0.25) is 0 Å². The molecule has 1 aliphatic rings. The maximum Gasteiger partial charge on any atom is 0.407 e. The average molecular weight is 608 g/mol. The Morgan fingerprint density at radius 3 is 2.45 bits per heavy atom. The Balaban J connectivity index is 1.95. The summed E-state index contributed by atoms with van der Waals surface area (Å²) in [5.41, 5.74) is 7.01. The number of esters is 1. The fourth-order valence-electron chi connectivity index (χ4n) is 4.42. The van der Waals surface area contributed by atoms with Crippen molar-refractivity contribution in [3.05, 3.63) is 60.2 Å². The van der Waals surface area contributed by atoms with Crippen molar-refractivity contribution in [3.8, 4) is 0 Å². The van der Waals surface area contributed by atoms with E-state index < -0.39 is 46.9 Å². The highest BCUT2D eigenvalue weighted by Crippen LogP contribution is 2.22. The van der Waals surface area contributed by atoms with Crippen molar-refractivity contribution in [3.63, 3.8) is 0 Å². The lowest BCUT2D eigenvalue weighted by atomic mass is 10.0. The standard InChI is InChI=1S/C29H41N3O9S/c1-21(2)17-32(42(36,37)25-10-8-23(30)9-11-25)18-27(41-28(34)20-39-15-13-33)26(16-22-6-4-3-5-7-22)31-29(35)40-24-12-14-38-19-24/h3-11,21,24,26-27,33H,12-20,30H2,1-2H3,(H,31,35)/t24-,26+,27-/m0/s1. The molecule has 42 heavy (non-hydrogen) atoms. The van der Waals surface area contributed by atoms with Gasteiger partial charge in [0, 0.05) is 18.7 Å². The lowest BCUT2D eigenvalue weighted by molar-refractivity contribution is -0.156. The second-order valence-corrected chi connectivity index (χ2v) is 12.4. The molecule has 0 aliphatic carbocycles. The molecule has 1 aliphatic heterocycles. The topological polar surface area (TPSA) is 167 Å². The molecule has 4 N–H and O–H groups in total. The maximum absolute atomic E-state index is 13.8. The van der Waals surface area contributed by atoms with Gasteiger partial charge in [-0.05, 0) is 42.2 Å². The molecule has 2 aromatic rings. The average Bonchev–Trinajstić information content (AvgIpc) is 3.45. The summed E-state index contributed by atoms with van der Waals surface area (Å²) in [6.07, 6.45) is -1.52. The summed E-state index contributed by atoms with van der Waals surface area (Å²) in [6, 6.07) is 14.2. The lowest BCUT2D eigenvalue weighted by Gasteiger charge is -2.33. The molecule has 0 bridgehead atoms.